The zero-order valence-corrected chi connectivity index (χ0v) is 13.2. The van der Waals surface area contributed by atoms with Gasteiger partial charge in [-0.05, 0) is 23.8 Å². The van der Waals surface area contributed by atoms with E-state index in [1.807, 2.05) is 42.5 Å². The van der Waals surface area contributed by atoms with Crippen LogP contribution in [-0.2, 0) is 24.5 Å². The minimum Gasteiger partial charge on any atom is -0.370 e. The van der Waals surface area contributed by atoms with Gasteiger partial charge in [0.25, 0.3) is 0 Å². The molecule has 0 spiro atoms. The SMILES string of the molecule is CC(C)NCc1cccc(COCc2ccccc2Cl)n1. The summed E-state index contributed by atoms with van der Waals surface area (Å²) in [6.45, 7) is 6.00. The molecule has 1 N–H and O–H groups in total. The summed E-state index contributed by atoms with van der Waals surface area (Å²) >= 11 is 6.10. The van der Waals surface area contributed by atoms with Crippen molar-refractivity contribution in [2.24, 2.45) is 0 Å². The fourth-order valence-corrected chi connectivity index (χ4v) is 2.09. The molecule has 21 heavy (non-hydrogen) atoms. The smallest absolute Gasteiger partial charge is 0.0892 e. The van der Waals surface area contributed by atoms with Crippen molar-refractivity contribution in [3.05, 3.63) is 64.4 Å². The lowest BCUT2D eigenvalue weighted by Gasteiger charge is -2.09. The lowest BCUT2D eigenvalue weighted by molar-refractivity contribution is 0.104. The van der Waals surface area contributed by atoms with Crippen LogP contribution in [0.4, 0.5) is 0 Å². The molecule has 1 aromatic carbocycles. The van der Waals surface area contributed by atoms with Gasteiger partial charge < -0.3 is 10.1 Å². The van der Waals surface area contributed by atoms with E-state index in [1.54, 1.807) is 0 Å². The molecule has 0 unspecified atom stereocenters. The minimum atomic E-state index is 0.451. The Kier molecular flexibility index (Phi) is 6.18. The van der Waals surface area contributed by atoms with E-state index in [0.717, 1.165) is 28.5 Å². The van der Waals surface area contributed by atoms with Crippen molar-refractivity contribution in [3.63, 3.8) is 0 Å². The van der Waals surface area contributed by atoms with E-state index in [4.69, 9.17) is 16.3 Å². The molecule has 4 heteroatoms. The van der Waals surface area contributed by atoms with Gasteiger partial charge in [-0.3, -0.25) is 4.98 Å². The number of hydrogen-bond donors (Lipinski definition) is 1. The number of hydrogen-bond acceptors (Lipinski definition) is 3. The molecular weight excluding hydrogens is 284 g/mol. The number of halogens is 1. The average Bonchev–Trinajstić information content (AvgIpc) is 2.48. The van der Waals surface area contributed by atoms with Crippen LogP contribution in [0.5, 0.6) is 0 Å². The monoisotopic (exact) mass is 304 g/mol. The van der Waals surface area contributed by atoms with Gasteiger partial charge in [0.15, 0.2) is 0 Å². The Morgan fingerprint density at radius 2 is 1.81 bits per heavy atom. The van der Waals surface area contributed by atoms with Gasteiger partial charge in [0.05, 0.1) is 24.6 Å². The van der Waals surface area contributed by atoms with Crippen molar-refractivity contribution >= 4 is 11.6 Å². The van der Waals surface area contributed by atoms with Crippen LogP contribution in [0.25, 0.3) is 0 Å². The van der Waals surface area contributed by atoms with Crippen LogP contribution in [0.2, 0.25) is 5.02 Å². The molecule has 0 atom stereocenters. The molecule has 0 saturated heterocycles. The number of nitrogens with one attached hydrogen (secondary N) is 1. The highest BCUT2D eigenvalue weighted by molar-refractivity contribution is 6.31. The van der Waals surface area contributed by atoms with Gasteiger partial charge in [-0.15, -0.1) is 0 Å². The summed E-state index contributed by atoms with van der Waals surface area (Å²) < 4.78 is 5.70. The number of pyridine rings is 1. The molecule has 2 aromatic rings. The van der Waals surface area contributed by atoms with Crippen LogP contribution in [0.15, 0.2) is 42.5 Å². The largest absolute Gasteiger partial charge is 0.370 e. The maximum absolute atomic E-state index is 6.10. The number of ether oxygens (including phenoxy) is 1. The molecule has 0 aliphatic carbocycles. The number of rotatable bonds is 7. The molecule has 112 valence electrons. The Labute approximate surface area is 131 Å². The Hall–Kier alpha value is -1.42. The molecule has 0 saturated carbocycles. The van der Waals surface area contributed by atoms with E-state index in [0.29, 0.717) is 19.3 Å². The Bertz CT molecular complexity index is 572. The van der Waals surface area contributed by atoms with Gasteiger partial charge in [0, 0.05) is 17.6 Å². The van der Waals surface area contributed by atoms with Crippen molar-refractivity contribution in [2.45, 2.75) is 39.6 Å². The molecule has 0 bridgehead atoms. The van der Waals surface area contributed by atoms with Crippen molar-refractivity contribution in [1.82, 2.24) is 10.3 Å². The summed E-state index contributed by atoms with van der Waals surface area (Å²) in [5.74, 6) is 0. The first kappa shape index (κ1) is 16.0. The minimum absolute atomic E-state index is 0.451. The summed E-state index contributed by atoms with van der Waals surface area (Å²) in [4.78, 5) is 4.58. The average molecular weight is 305 g/mol. The van der Waals surface area contributed by atoms with E-state index >= 15 is 0 Å². The standard InChI is InChI=1S/C17H21ClN2O/c1-13(2)19-10-15-7-5-8-16(20-15)12-21-11-14-6-3-4-9-17(14)18/h3-9,13,19H,10-12H2,1-2H3. The van der Waals surface area contributed by atoms with Gasteiger partial charge >= 0.3 is 0 Å². The van der Waals surface area contributed by atoms with Gasteiger partial charge in [-0.25, -0.2) is 0 Å². The van der Waals surface area contributed by atoms with Crippen LogP contribution < -0.4 is 5.32 Å². The highest BCUT2D eigenvalue weighted by atomic mass is 35.5. The summed E-state index contributed by atoms with van der Waals surface area (Å²) in [7, 11) is 0. The van der Waals surface area contributed by atoms with Crippen molar-refractivity contribution in [3.8, 4) is 0 Å². The van der Waals surface area contributed by atoms with E-state index < -0.39 is 0 Å². The molecule has 0 aliphatic heterocycles. The topological polar surface area (TPSA) is 34.1 Å². The van der Waals surface area contributed by atoms with Crippen molar-refractivity contribution in [1.29, 1.82) is 0 Å². The summed E-state index contributed by atoms with van der Waals surface area (Å²) in [6, 6.07) is 14.2. The Morgan fingerprint density at radius 1 is 1.05 bits per heavy atom. The maximum Gasteiger partial charge on any atom is 0.0892 e. The van der Waals surface area contributed by atoms with E-state index in [-0.39, 0.29) is 0 Å². The lowest BCUT2D eigenvalue weighted by Crippen LogP contribution is -2.22. The quantitative estimate of drug-likeness (QED) is 0.841. The Balaban J connectivity index is 1.86. The first-order valence-corrected chi connectivity index (χ1v) is 7.52. The number of benzene rings is 1. The second-order valence-electron chi connectivity index (χ2n) is 5.24. The normalized spacial score (nSPS) is 11.0. The first-order chi connectivity index (χ1) is 10.1. The lowest BCUT2D eigenvalue weighted by atomic mass is 10.2. The van der Waals surface area contributed by atoms with Crippen LogP contribution in [-0.4, -0.2) is 11.0 Å². The van der Waals surface area contributed by atoms with Gasteiger partial charge in [-0.2, -0.15) is 0 Å². The second-order valence-corrected chi connectivity index (χ2v) is 5.65. The summed E-state index contributed by atoms with van der Waals surface area (Å²) in [5, 5.41) is 4.09. The van der Waals surface area contributed by atoms with Gasteiger partial charge in [0.2, 0.25) is 0 Å². The molecule has 3 nitrogen and oxygen atoms in total. The summed E-state index contributed by atoms with van der Waals surface area (Å²) in [6.07, 6.45) is 0. The number of aromatic nitrogens is 1. The predicted octanol–water partition coefficient (Wildman–Crippen LogP) is 3.95. The van der Waals surface area contributed by atoms with E-state index in [9.17, 15) is 0 Å². The molecule has 0 amide bonds. The molecular formula is C17H21ClN2O. The van der Waals surface area contributed by atoms with E-state index in [2.05, 4.69) is 24.1 Å². The van der Waals surface area contributed by atoms with Gasteiger partial charge in [-0.1, -0.05) is 49.7 Å². The second kappa shape index (κ2) is 8.13. The first-order valence-electron chi connectivity index (χ1n) is 7.14. The predicted molar refractivity (Wildman–Crippen MR) is 86.2 cm³/mol. The van der Waals surface area contributed by atoms with E-state index in [1.165, 1.54) is 0 Å². The van der Waals surface area contributed by atoms with Crippen LogP contribution >= 0.6 is 11.6 Å². The molecule has 1 aromatic heterocycles. The van der Waals surface area contributed by atoms with Crippen LogP contribution in [0, 0.1) is 0 Å². The van der Waals surface area contributed by atoms with Crippen LogP contribution in [0.3, 0.4) is 0 Å². The highest BCUT2D eigenvalue weighted by Gasteiger charge is 2.02. The summed E-state index contributed by atoms with van der Waals surface area (Å²) in [5.41, 5.74) is 2.96. The van der Waals surface area contributed by atoms with Crippen molar-refractivity contribution < 1.29 is 4.74 Å². The molecule has 0 radical (unpaired) electrons. The molecule has 2 rings (SSSR count). The number of nitrogens with zero attached hydrogens (tertiary/aromatic N) is 1. The van der Waals surface area contributed by atoms with Gasteiger partial charge in [0.1, 0.15) is 0 Å². The third-order valence-electron chi connectivity index (χ3n) is 3.02. The fraction of sp³-hybridized carbons (Fsp3) is 0.353. The molecule has 0 fully saturated rings. The maximum atomic E-state index is 6.10. The highest BCUT2D eigenvalue weighted by Crippen LogP contribution is 2.16. The fourth-order valence-electron chi connectivity index (χ4n) is 1.90. The van der Waals surface area contributed by atoms with Crippen LogP contribution in [0.1, 0.15) is 30.8 Å². The van der Waals surface area contributed by atoms with Crippen molar-refractivity contribution in [2.75, 3.05) is 0 Å². The molecule has 1 heterocycles. The third-order valence-corrected chi connectivity index (χ3v) is 3.39. The Morgan fingerprint density at radius 3 is 2.57 bits per heavy atom. The molecule has 0 aliphatic rings. The zero-order valence-electron chi connectivity index (χ0n) is 12.5. The third kappa shape index (κ3) is 5.46. The zero-order chi connectivity index (χ0) is 15.1.